The number of anilines is 2. The molecule has 0 radical (unpaired) electrons. The normalized spacial score (nSPS) is 18.7. The van der Waals surface area contributed by atoms with Gasteiger partial charge in [0.25, 0.3) is 5.91 Å². The number of ether oxygens (including phenoxy) is 4. The van der Waals surface area contributed by atoms with E-state index in [0.717, 1.165) is 39.1 Å². The molecule has 0 bridgehead atoms. The second-order valence-electron chi connectivity index (χ2n) is 9.23. The molecule has 37 heavy (non-hydrogen) atoms. The molecule has 3 aliphatic heterocycles. The molecule has 2 aromatic heterocycles. The van der Waals surface area contributed by atoms with Crippen LogP contribution in [-0.2, 0) is 4.74 Å². The van der Waals surface area contributed by atoms with Gasteiger partial charge in [0.05, 0.1) is 42.0 Å². The maximum absolute atomic E-state index is 13.5. The SMILES string of the molecule is COc1nc(Nc2ccc(C(=O)N3CCC(N4CCOCC4)CC3)c3c2OCCO3)nc2[nH]cc(Cl)c12. The summed E-state index contributed by atoms with van der Waals surface area (Å²) >= 11 is 6.23. The number of likely N-dealkylation sites (tertiary alicyclic amines) is 1. The zero-order valence-corrected chi connectivity index (χ0v) is 21.3. The van der Waals surface area contributed by atoms with Crippen molar-refractivity contribution in [3.63, 3.8) is 0 Å². The van der Waals surface area contributed by atoms with E-state index < -0.39 is 0 Å². The second-order valence-corrected chi connectivity index (χ2v) is 9.64. The van der Waals surface area contributed by atoms with Gasteiger partial charge in [-0.1, -0.05) is 11.6 Å². The van der Waals surface area contributed by atoms with Crippen molar-refractivity contribution >= 4 is 40.2 Å². The Balaban J connectivity index is 1.22. The standard InChI is InChI=1S/C25H29ClN6O5/c1-34-23-19-17(26)14-27-22(19)29-25(30-23)28-18-3-2-16(20-21(18)37-13-12-36-20)24(33)32-6-4-15(5-7-32)31-8-10-35-11-9-31/h2-3,14-15H,4-13H2,1H3,(H2,27,28,29,30). The molecular weight excluding hydrogens is 500 g/mol. The van der Waals surface area contributed by atoms with Crippen LogP contribution in [0.25, 0.3) is 11.0 Å². The number of hydrogen-bond donors (Lipinski definition) is 2. The fourth-order valence-electron chi connectivity index (χ4n) is 5.24. The van der Waals surface area contributed by atoms with Gasteiger partial charge >= 0.3 is 0 Å². The number of carbonyl (C=O) groups is 1. The Hall–Kier alpha value is -3.28. The molecule has 11 nitrogen and oxygen atoms in total. The van der Waals surface area contributed by atoms with Gasteiger partial charge in [-0.2, -0.15) is 9.97 Å². The average Bonchev–Trinajstić information content (AvgIpc) is 3.33. The Morgan fingerprint density at radius 1 is 1.08 bits per heavy atom. The van der Waals surface area contributed by atoms with Crippen LogP contribution in [0.3, 0.4) is 0 Å². The van der Waals surface area contributed by atoms with Crippen LogP contribution in [0.1, 0.15) is 23.2 Å². The molecule has 3 aromatic rings. The third-order valence-corrected chi connectivity index (χ3v) is 7.42. The van der Waals surface area contributed by atoms with E-state index in [9.17, 15) is 4.79 Å². The molecule has 0 spiro atoms. The minimum Gasteiger partial charge on any atom is -0.485 e. The molecule has 2 N–H and O–H groups in total. The summed E-state index contributed by atoms with van der Waals surface area (Å²) < 4.78 is 22.8. The number of morpholine rings is 1. The predicted octanol–water partition coefficient (Wildman–Crippen LogP) is 3.07. The van der Waals surface area contributed by atoms with Crippen molar-refractivity contribution in [3.8, 4) is 17.4 Å². The first kappa shape index (κ1) is 24.1. The number of hydrogen-bond acceptors (Lipinski definition) is 9. The van der Waals surface area contributed by atoms with Crippen LogP contribution < -0.4 is 19.5 Å². The highest BCUT2D eigenvalue weighted by Crippen LogP contribution is 2.42. The smallest absolute Gasteiger partial charge is 0.257 e. The topological polar surface area (TPSA) is 114 Å². The lowest BCUT2D eigenvalue weighted by atomic mass is 10.0. The fourth-order valence-corrected chi connectivity index (χ4v) is 5.46. The summed E-state index contributed by atoms with van der Waals surface area (Å²) in [7, 11) is 1.53. The first-order valence-corrected chi connectivity index (χ1v) is 12.9. The van der Waals surface area contributed by atoms with Gasteiger partial charge in [0.1, 0.15) is 18.9 Å². The van der Waals surface area contributed by atoms with Crippen LogP contribution in [0.15, 0.2) is 18.3 Å². The Kier molecular flexibility index (Phi) is 6.66. The summed E-state index contributed by atoms with van der Waals surface area (Å²) in [4.78, 5) is 29.9. The Morgan fingerprint density at radius 2 is 1.84 bits per heavy atom. The molecule has 6 rings (SSSR count). The van der Waals surface area contributed by atoms with Crippen LogP contribution in [-0.4, -0.2) is 96.4 Å². The Morgan fingerprint density at radius 3 is 2.59 bits per heavy atom. The second kappa shape index (κ2) is 10.2. The number of rotatable bonds is 5. The Bertz CT molecular complexity index is 1300. The quantitative estimate of drug-likeness (QED) is 0.515. The van der Waals surface area contributed by atoms with Gasteiger partial charge in [-0.3, -0.25) is 9.69 Å². The molecule has 0 aliphatic carbocycles. The molecule has 0 saturated carbocycles. The first-order chi connectivity index (χ1) is 18.1. The van der Waals surface area contributed by atoms with E-state index in [0.29, 0.717) is 83.0 Å². The van der Waals surface area contributed by atoms with E-state index in [4.69, 9.17) is 30.5 Å². The highest BCUT2D eigenvalue weighted by molar-refractivity contribution is 6.35. The Labute approximate surface area is 219 Å². The zero-order valence-electron chi connectivity index (χ0n) is 20.6. The van der Waals surface area contributed by atoms with Crippen LogP contribution >= 0.6 is 11.6 Å². The molecule has 1 aromatic carbocycles. The highest BCUT2D eigenvalue weighted by Gasteiger charge is 2.31. The lowest BCUT2D eigenvalue weighted by Gasteiger charge is -2.40. The summed E-state index contributed by atoms with van der Waals surface area (Å²) in [5.41, 5.74) is 1.63. The zero-order chi connectivity index (χ0) is 25.4. The highest BCUT2D eigenvalue weighted by atomic mass is 35.5. The van der Waals surface area contributed by atoms with Crippen LogP contribution in [0.4, 0.5) is 11.6 Å². The van der Waals surface area contributed by atoms with Crippen molar-refractivity contribution in [2.45, 2.75) is 18.9 Å². The van der Waals surface area contributed by atoms with E-state index in [1.807, 2.05) is 4.90 Å². The first-order valence-electron chi connectivity index (χ1n) is 12.5. The number of methoxy groups -OCH3 is 1. The van der Waals surface area contributed by atoms with E-state index in [2.05, 4.69) is 25.2 Å². The minimum atomic E-state index is -0.0471. The molecule has 1 amide bonds. The lowest BCUT2D eigenvalue weighted by Crippen LogP contribution is -2.50. The van der Waals surface area contributed by atoms with Gasteiger partial charge in [0.15, 0.2) is 11.5 Å². The number of benzene rings is 1. The number of nitrogens with one attached hydrogen (secondary N) is 2. The number of piperidine rings is 1. The van der Waals surface area contributed by atoms with E-state index in [1.54, 1.807) is 18.3 Å². The van der Waals surface area contributed by atoms with Crippen molar-refractivity contribution in [2.24, 2.45) is 0 Å². The maximum Gasteiger partial charge on any atom is 0.257 e. The molecule has 196 valence electrons. The van der Waals surface area contributed by atoms with Gasteiger partial charge in [0, 0.05) is 38.4 Å². The number of amides is 1. The lowest BCUT2D eigenvalue weighted by molar-refractivity contribution is 0.00152. The van der Waals surface area contributed by atoms with Crippen LogP contribution in [0, 0.1) is 0 Å². The maximum atomic E-state index is 13.5. The fraction of sp³-hybridized carbons (Fsp3) is 0.480. The number of aromatic amines is 1. The third-order valence-electron chi connectivity index (χ3n) is 7.12. The molecule has 2 fully saturated rings. The predicted molar refractivity (Wildman–Crippen MR) is 137 cm³/mol. The molecule has 2 saturated heterocycles. The summed E-state index contributed by atoms with van der Waals surface area (Å²) in [6, 6.07) is 4.06. The number of H-pyrrole nitrogens is 1. The monoisotopic (exact) mass is 528 g/mol. The number of aromatic nitrogens is 3. The van der Waals surface area contributed by atoms with Crippen LogP contribution in [0.2, 0.25) is 5.02 Å². The molecule has 5 heterocycles. The van der Waals surface area contributed by atoms with Crippen molar-refractivity contribution in [1.82, 2.24) is 24.8 Å². The van der Waals surface area contributed by atoms with Crippen molar-refractivity contribution in [2.75, 3.05) is 65.0 Å². The van der Waals surface area contributed by atoms with E-state index in [1.165, 1.54) is 7.11 Å². The minimum absolute atomic E-state index is 0.0471. The summed E-state index contributed by atoms with van der Waals surface area (Å²) in [5.74, 6) is 1.50. The number of nitrogens with zero attached hydrogens (tertiary/aromatic N) is 4. The molecular formula is C25H29ClN6O5. The molecule has 12 heteroatoms. The molecule has 3 aliphatic rings. The summed E-state index contributed by atoms with van der Waals surface area (Å²) in [6.07, 6.45) is 3.54. The number of carbonyl (C=O) groups excluding carboxylic acids is 1. The van der Waals surface area contributed by atoms with Gasteiger partial charge in [-0.15, -0.1) is 0 Å². The summed E-state index contributed by atoms with van der Waals surface area (Å²) in [5, 5.41) is 4.27. The summed E-state index contributed by atoms with van der Waals surface area (Å²) in [6.45, 7) is 5.66. The largest absolute Gasteiger partial charge is 0.485 e. The van der Waals surface area contributed by atoms with Crippen molar-refractivity contribution in [1.29, 1.82) is 0 Å². The van der Waals surface area contributed by atoms with E-state index in [-0.39, 0.29) is 5.91 Å². The van der Waals surface area contributed by atoms with Crippen molar-refractivity contribution in [3.05, 3.63) is 28.9 Å². The van der Waals surface area contributed by atoms with Crippen LogP contribution in [0.5, 0.6) is 17.4 Å². The molecule has 0 atom stereocenters. The molecule has 0 unspecified atom stereocenters. The van der Waals surface area contributed by atoms with E-state index >= 15 is 0 Å². The number of fused-ring (bicyclic) bond motifs is 2. The van der Waals surface area contributed by atoms with Crippen molar-refractivity contribution < 1.29 is 23.7 Å². The average molecular weight is 529 g/mol. The number of halogens is 1. The van der Waals surface area contributed by atoms with Gasteiger partial charge in [0.2, 0.25) is 11.8 Å². The third kappa shape index (κ3) is 4.62. The van der Waals surface area contributed by atoms with Gasteiger partial charge < -0.3 is 34.1 Å². The van der Waals surface area contributed by atoms with Gasteiger partial charge in [-0.05, 0) is 25.0 Å². The van der Waals surface area contributed by atoms with Gasteiger partial charge in [-0.25, -0.2) is 0 Å².